The van der Waals surface area contributed by atoms with Crippen molar-refractivity contribution < 1.29 is 20.1 Å². The van der Waals surface area contributed by atoms with Gasteiger partial charge in [0.05, 0.1) is 6.61 Å². The molecule has 4 atom stereocenters. The molecule has 1 fully saturated rings. The number of ether oxygens (including phenoxy) is 1. The van der Waals surface area contributed by atoms with Gasteiger partial charge in [-0.05, 0) is 24.5 Å². The van der Waals surface area contributed by atoms with Crippen LogP contribution in [0.2, 0.25) is 0 Å². The van der Waals surface area contributed by atoms with E-state index in [1.165, 1.54) is 16.3 Å². The van der Waals surface area contributed by atoms with Crippen molar-refractivity contribution in [2.24, 2.45) is 0 Å². The topological polar surface area (TPSA) is 87.7 Å². The zero-order valence-corrected chi connectivity index (χ0v) is 11.3. The van der Waals surface area contributed by atoms with Crippen molar-refractivity contribution in [3.63, 3.8) is 0 Å². The van der Waals surface area contributed by atoms with Crippen LogP contribution in [-0.2, 0) is 4.74 Å². The Morgan fingerprint density at radius 3 is 2.72 bits per heavy atom. The van der Waals surface area contributed by atoms with Crippen LogP contribution in [0.25, 0.3) is 0 Å². The molecule has 0 bridgehead atoms. The van der Waals surface area contributed by atoms with Gasteiger partial charge in [0.15, 0.2) is 6.23 Å². The average Bonchev–Trinajstić information content (AvgIpc) is 2.66. The van der Waals surface area contributed by atoms with Gasteiger partial charge in [-0.2, -0.15) is 0 Å². The lowest BCUT2D eigenvalue weighted by Gasteiger charge is -2.18. The highest BCUT2D eigenvalue weighted by Gasteiger charge is 2.43. The molecule has 2 rings (SSSR count). The van der Waals surface area contributed by atoms with Gasteiger partial charge in [0.25, 0.3) is 0 Å². The summed E-state index contributed by atoms with van der Waals surface area (Å²) in [4.78, 5) is 4.15. The van der Waals surface area contributed by atoms with Gasteiger partial charge in [-0.3, -0.25) is 4.57 Å². The van der Waals surface area contributed by atoms with Crippen molar-refractivity contribution >= 4 is 24.0 Å². The molecule has 1 aromatic rings. The minimum absolute atomic E-state index is 0.261. The monoisotopic (exact) mass is 290 g/mol. The Balaban J connectivity index is 2.30. The van der Waals surface area contributed by atoms with Crippen LogP contribution in [0.4, 0.5) is 0 Å². The number of aromatic nitrogens is 2. The molecule has 3 N–H and O–H groups in total. The SMILES string of the molecule is CSc1ccn([C@@H]2O[C@H](CO)[C@@H](O)[C@H]2O)c(=S)n1. The number of hydrogen-bond acceptors (Lipinski definition) is 7. The van der Waals surface area contributed by atoms with E-state index in [-0.39, 0.29) is 11.4 Å². The predicted octanol–water partition coefficient (Wildman–Crippen LogP) is -0.0540. The van der Waals surface area contributed by atoms with Crippen LogP contribution in [-0.4, -0.2) is 56.0 Å². The van der Waals surface area contributed by atoms with E-state index in [0.29, 0.717) is 0 Å². The first-order valence-corrected chi connectivity index (χ1v) is 6.97. The molecule has 0 aromatic carbocycles. The Bertz CT molecular complexity index is 481. The van der Waals surface area contributed by atoms with Crippen molar-refractivity contribution in [1.29, 1.82) is 0 Å². The quantitative estimate of drug-likeness (QED) is 0.408. The molecule has 1 saturated heterocycles. The van der Waals surface area contributed by atoms with Gasteiger partial charge in [0.1, 0.15) is 23.3 Å². The van der Waals surface area contributed by atoms with Crippen molar-refractivity contribution in [3.05, 3.63) is 17.0 Å². The third-order valence-corrected chi connectivity index (χ3v) is 3.75. The predicted molar refractivity (Wildman–Crippen MR) is 67.9 cm³/mol. The summed E-state index contributed by atoms with van der Waals surface area (Å²) in [7, 11) is 0. The highest BCUT2D eigenvalue weighted by atomic mass is 32.2. The average molecular weight is 290 g/mol. The highest BCUT2D eigenvalue weighted by molar-refractivity contribution is 7.98. The number of rotatable bonds is 3. The van der Waals surface area contributed by atoms with E-state index in [9.17, 15) is 10.2 Å². The van der Waals surface area contributed by atoms with Gasteiger partial charge in [-0.15, -0.1) is 11.8 Å². The summed E-state index contributed by atoms with van der Waals surface area (Å²) < 4.78 is 7.11. The van der Waals surface area contributed by atoms with Gasteiger partial charge in [0, 0.05) is 6.20 Å². The van der Waals surface area contributed by atoms with Gasteiger partial charge in [-0.25, -0.2) is 4.98 Å². The highest BCUT2D eigenvalue weighted by Crippen LogP contribution is 2.29. The van der Waals surface area contributed by atoms with Crippen LogP contribution in [0.3, 0.4) is 0 Å². The molecule has 0 unspecified atom stereocenters. The third-order valence-electron chi connectivity index (χ3n) is 2.80. The maximum Gasteiger partial charge on any atom is 0.202 e. The Labute approximate surface area is 113 Å². The van der Waals surface area contributed by atoms with Crippen LogP contribution in [0.5, 0.6) is 0 Å². The molecule has 2 heterocycles. The minimum atomic E-state index is -1.14. The van der Waals surface area contributed by atoms with Crippen LogP contribution >= 0.6 is 24.0 Å². The van der Waals surface area contributed by atoms with Crippen LogP contribution in [0, 0.1) is 4.77 Å². The van der Waals surface area contributed by atoms with Crippen LogP contribution < -0.4 is 0 Å². The standard InChI is InChI=1S/C10H14N2O4S2/c1-18-6-2-3-12(10(17)11-6)9-8(15)7(14)5(4-13)16-9/h2-3,5,7-9,13-15H,4H2,1H3/t5-,7-,8-,9-/m1/s1. The van der Waals surface area contributed by atoms with E-state index in [1.807, 2.05) is 6.26 Å². The van der Waals surface area contributed by atoms with E-state index in [4.69, 9.17) is 22.1 Å². The maximum atomic E-state index is 9.88. The Morgan fingerprint density at radius 1 is 1.50 bits per heavy atom. The lowest BCUT2D eigenvalue weighted by atomic mass is 10.1. The second kappa shape index (κ2) is 5.64. The van der Waals surface area contributed by atoms with E-state index < -0.39 is 24.5 Å². The molecule has 1 aromatic heterocycles. The third kappa shape index (κ3) is 2.44. The molecule has 0 radical (unpaired) electrons. The van der Waals surface area contributed by atoms with Gasteiger partial charge < -0.3 is 20.1 Å². The molecule has 0 aliphatic carbocycles. The summed E-state index contributed by atoms with van der Waals surface area (Å²) >= 11 is 6.57. The molecule has 1 aliphatic rings. The number of hydrogen-bond donors (Lipinski definition) is 3. The first kappa shape index (κ1) is 13.9. The fourth-order valence-electron chi connectivity index (χ4n) is 1.81. The van der Waals surface area contributed by atoms with Crippen molar-refractivity contribution in [1.82, 2.24) is 9.55 Å². The smallest absolute Gasteiger partial charge is 0.202 e. The molecule has 0 amide bonds. The van der Waals surface area contributed by atoms with Gasteiger partial charge in [-0.1, -0.05) is 0 Å². The van der Waals surface area contributed by atoms with Crippen molar-refractivity contribution in [2.45, 2.75) is 29.6 Å². The Kier molecular flexibility index (Phi) is 4.36. The molecule has 8 heteroatoms. The molecule has 1 aliphatic heterocycles. The molecular formula is C10H14N2O4S2. The zero-order valence-electron chi connectivity index (χ0n) is 9.63. The van der Waals surface area contributed by atoms with Crippen LogP contribution in [0.1, 0.15) is 6.23 Å². The normalized spacial score (nSPS) is 31.8. The Morgan fingerprint density at radius 2 is 2.22 bits per heavy atom. The summed E-state index contributed by atoms with van der Waals surface area (Å²) in [5.41, 5.74) is 0. The lowest BCUT2D eigenvalue weighted by molar-refractivity contribution is -0.0542. The van der Waals surface area contributed by atoms with E-state index in [2.05, 4.69) is 4.98 Å². The van der Waals surface area contributed by atoms with Crippen molar-refractivity contribution in [2.75, 3.05) is 12.9 Å². The molecular weight excluding hydrogens is 276 g/mol. The maximum absolute atomic E-state index is 9.88. The lowest BCUT2D eigenvalue weighted by Crippen LogP contribution is -2.33. The summed E-state index contributed by atoms with van der Waals surface area (Å²) in [6, 6.07) is 1.75. The van der Waals surface area contributed by atoms with Crippen LogP contribution in [0.15, 0.2) is 17.3 Å². The summed E-state index contributed by atoms with van der Waals surface area (Å²) in [6.07, 6.45) is -0.381. The second-order valence-corrected chi connectivity index (χ2v) is 5.08. The van der Waals surface area contributed by atoms with E-state index in [0.717, 1.165) is 5.03 Å². The summed E-state index contributed by atoms with van der Waals surface area (Å²) in [5, 5.41) is 29.3. The molecule has 0 spiro atoms. The summed E-state index contributed by atoms with van der Waals surface area (Å²) in [6.45, 7) is -0.363. The number of thioether (sulfide) groups is 1. The summed E-state index contributed by atoms with van der Waals surface area (Å²) in [5.74, 6) is 0. The molecule has 0 saturated carbocycles. The zero-order chi connectivity index (χ0) is 13.3. The number of aliphatic hydroxyl groups excluding tert-OH is 3. The van der Waals surface area contributed by atoms with E-state index in [1.54, 1.807) is 12.3 Å². The van der Waals surface area contributed by atoms with Gasteiger partial charge >= 0.3 is 0 Å². The number of nitrogens with zero attached hydrogens (tertiary/aromatic N) is 2. The fourth-order valence-corrected chi connectivity index (χ4v) is 2.51. The van der Waals surface area contributed by atoms with Crippen molar-refractivity contribution in [3.8, 4) is 0 Å². The largest absolute Gasteiger partial charge is 0.394 e. The molecule has 100 valence electrons. The van der Waals surface area contributed by atoms with E-state index >= 15 is 0 Å². The molecule has 18 heavy (non-hydrogen) atoms. The first-order chi connectivity index (χ1) is 8.58. The fraction of sp³-hybridized carbons (Fsp3) is 0.600. The first-order valence-electron chi connectivity index (χ1n) is 5.34. The second-order valence-electron chi connectivity index (χ2n) is 3.89. The number of aliphatic hydroxyl groups is 3. The molecule has 6 nitrogen and oxygen atoms in total. The minimum Gasteiger partial charge on any atom is -0.394 e. The van der Waals surface area contributed by atoms with Gasteiger partial charge in [0.2, 0.25) is 4.77 Å². The Hall–Kier alpha value is -0.510.